The zero-order chi connectivity index (χ0) is 25.0. The van der Waals surface area contributed by atoms with Crippen LogP contribution in [0, 0.1) is 0 Å². The molecule has 1 unspecified atom stereocenters. The topological polar surface area (TPSA) is 265 Å². The number of aliphatic hydroxyl groups is 4. The number of ether oxygens (including phenoxy) is 3. The van der Waals surface area contributed by atoms with E-state index >= 15 is 0 Å². The molecule has 4 heterocycles. The fourth-order valence-electron chi connectivity index (χ4n) is 4.51. The number of hydrogen-bond acceptors (Lipinski definition) is 13. The first-order chi connectivity index (χ1) is 16.0. The fourth-order valence-corrected chi connectivity index (χ4v) is 5.08. The van der Waals surface area contributed by atoms with Crippen LogP contribution in [0.5, 0.6) is 0 Å². The zero-order valence-electron chi connectivity index (χ0n) is 17.5. The zero-order valence-corrected chi connectivity index (χ0v) is 18.4. The molecule has 0 spiro atoms. The molecule has 190 valence electrons. The number of aromatic amines is 1. The van der Waals surface area contributed by atoms with Gasteiger partial charge in [0, 0.05) is 7.11 Å². The number of nitrogen functional groups attached to an aromatic ring is 1. The molecule has 4 rings (SSSR count). The third-order valence-corrected chi connectivity index (χ3v) is 6.37. The minimum absolute atomic E-state index is 0.274. The lowest BCUT2D eigenvalue weighted by Gasteiger charge is -2.41. The first-order valence-corrected chi connectivity index (χ1v) is 11.4. The van der Waals surface area contributed by atoms with Gasteiger partial charge in [-0.15, -0.1) is 0 Å². The summed E-state index contributed by atoms with van der Waals surface area (Å²) in [6, 6.07) is 0. The molecule has 0 amide bonds. The number of phosphoric acid groups is 1. The van der Waals surface area contributed by atoms with Gasteiger partial charge in [-0.25, -0.2) is 9.55 Å². The lowest BCUT2D eigenvalue weighted by molar-refractivity contribution is -0.228. The number of fused-ring (bicyclic) bond motifs is 1. The number of methoxy groups -OCH3 is 1. The summed E-state index contributed by atoms with van der Waals surface area (Å²) >= 11 is 0. The van der Waals surface area contributed by atoms with E-state index in [1.807, 2.05) is 0 Å². The number of H-pyrrole nitrogens is 1. The van der Waals surface area contributed by atoms with Crippen LogP contribution in [0.25, 0.3) is 11.2 Å². The van der Waals surface area contributed by atoms with Crippen LogP contribution in [-0.2, 0) is 29.0 Å². The van der Waals surface area contributed by atoms with E-state index in [2.05, 4.69) is 15.0 Å². The predicted octanol–water partition coefficient (Wildman–Crippen LogP) is -4.28. The van der Waals surface area contributed by atoms with Crippen molar-refractivity contribution in [2.45, 2.75) is 48.5 Å². The van der Waals surface area contributed by atoms with Crippen molar-refractivity contribution in [1.82, 2.24) is 19.5 Å². The molecule has 2 saturated heterocycles. The number of phosphoric ester groups is 1. The Morgan fingerprint density at radius 2 is 1.94 bits per heavy atom. The molecular weight excluding hydrogens is 485 g/mol. The molecule has 8 atom stereocenters. The Hall–Kier alpha value is -2.02. The maximum atomic E-state index is 12.3. The van der Waals surface area contributed by atoms with Crippen LogP contribution in [0.3, 0.4) is 0 Å². The van der Waals surface area contributed by atoms with Gasteiger partial charge in [0.1, 0.15) is 42.7 Å². The Labute approximate surface area is 189 Å². The molecule has 0 aromatic carbocycles. The Balaban J connectivity index is 2.01. The van der Waals surface area contributed by atoms with E-state index in [0.717, 1.165) is 10.9 Å². The molecule has 34 heavy (non-hydrogen) atoms. The highest BCUT2D eigenvalue weighted by molar-refractivity contribution is 7.46. The van der Waals surface area contributed by atoms with E-state index in [9.17, 15) is 39.6 Å². The molecule has 9 N–H and O–H groups in total. The molecule has 18 heteroatoms. The number of nitrogens with two attached hydrogens (primary N) is 1. The van der Waals surface area contributed by atoms with Crippen LogP contribution in [0.1, 0.15) is 0 Å². The van der Waals surface area contributed by atoms with Crippen LogP contribution >= 0.6 is 7.82 Å². The number of aromatic nitrogens is 4. The molecule has 2 aliphatic rings. The van der Waals surface area contributed by atoms with E-state index in [4.69, 9.17) is 24.5 Å². The molecule has 2 aromatic heterocycles. The average molecular weight is 509 g/mol. The van der Waals surface area contributed by atoms with Gasteiger partial charge in [0.15, 0.2) is 11.2 Å². The number of anilines is 1. The summed E-state index contributed by atoms with van der Waals surface area (Å²) in [4.78, 5) is 41.6. The van der Waals surface area contributed by atoms with Crippen molar-refractivity contribution in [2.75, 3.05) is 26.1 Å². The molecule has 2 aromatic rings. The van der Waals surface area contributed by atoms with E-state index in [0.29, 0.717) is 0 Å². The number of nitrogens with zero attached hydrogens (tertiary/aromatic N) is 3. The second-order valence-electron chi connectivity index (χ2n) is 7.80. The van der Waals surface area contributed by atoms with Gasteiger partial charge in [-0.05, 0) is 0 Å². The predicted molar refractivity (Wildman–Crippen MR) is 108 cm³/mol. The lowest BCUT2D eigenvalue weighted by Crippen LogP contribution is -2.58. The van der Waals surface area contributed by atoms with Crippen molar-refractivity contribution in [3.8, 4) is 0 Å². The molecule has 2 aliphatic heterocycles. The van der Waals surface area contributed by atoms with Gasteiger partial charge < -0.3 is 50.2 Å². The van der Waals surface area contributed by atoms with Gasteiger partial charge in [-0.1, -0.05) is 0 Å². The van der Waals surface area contributed by atoms with Crippen molar-refractivity contribution in [3.05, 3.63) is 16.7 Å². The van der Waals surface area contributed by atoms with Gasteiger partial charge in [0.2, 0.25) is 11.7 Å². The van der Waals surface area contributed by atoms with Gasteiger partial charge in [-0.2, -0.15) is 4.98 Å². The Morgan fingerprint density at radius 1 is 1.26 bits per heavy atom. The average Bonchev–Trinajstić information content (AvgIpc) is 3.41. The van der Waals surface area contributed by atoms with Crippen LogP contribution in [0.15, 0.2) is 11.1 Å². The first-order valence-electron chi connectivity index (χ1n) is 9.89. The van der Waals surface area contributed by atoms with Gasteiger partial charge in [0.05, 0.1) is 19.5 Å². The second kappa shape index (κ2) is 8.89. The second-order valence-corrected chi connectivity index (χ2v) is 9.00. The highest BCUT2D eigenvalue weighted by Gasteiger charge is 2.68. The molecule has 0 saturated carbocycles. The summed E-state index contributed by atoms with van der Waals surface area (Å²) in [7, 11) is -4.11. The van der Waals surface area contributed by atoms with Gasteiger partial charge in [0.25, 0.3) is 5.56 Å². The first kappa shape index (κ1) is 25.1. The molecule has 17 nitrogen and oxygen atoms in total. The van der Waals surface area contributed by atoms with Crippen molar-refractivity contribution >= 4 is 24.9 Å². The number of hydrogen-bond donors (Lipinski definition) is 8. The molecule has 0 aliphatic carbocycles. The summed E-state index contributed by atoms with van der Waals surface area (Å²) < 4.78 is 34.6. The Kier molecular flexibility index (Phi) is 6.56. The summed E-state index contributed by atoms with van der Waals surface area (Å²) in [5, 5.41) is 41.3. The smallest absolute Gasteiger partial charge is 0.394 e. The van der Waals surface area contributed by atoms with E-state index in [1.54, 1.807) is 0 Å². The minimum Gasteiger partial charge on any atom is -0.394 e. The van der Waals surface area contributed by atoms with Crippen LogP contribution in [-0.4, -0.2) is 113 Å². The van der Waals surface area contributed by atoms with Crippen molar-refractivity contribution in [1.29, 1.82) is 0 Å². The maximum absolute atomic E-state index is 12.3. The summed E-state index contributed by atoms with van der Waals surface area (Å²) in [5.74, 6) is -0.352. The maximum Gasteiger partial charge on any atom is 0.470 e. The Morgan fingerprint density at radius 3 is 2.50 bits per heavy atom. The lowest BCUT2D eigenvalue weighted by atomic mass is 9.92. The summed E-state index contributed by atoms with van der Waals surface area (Å²) in [6.45, 7) is -1.47. The molecule has 0 radical (unpaired) electrons. The molecule has 0 bridgehead atoms. The number of aliphatic hydroxyl groups excluding tert-OH is 4. The summed E-state index contributed by atoms with van der Waals surface area (Å²) in [5.41, 5.74) is 1.94. The van der Waals surface area contributed by atoms with Crippen LogP contribution in [0.2, 0.25) is 0 Å². The monoisotopic (exact) mass is 509 g/mol. The SMILES string of the molecule is CO[C@H]1[C@@H](CO)OC([C@@]2(n3cnc4c(=O)[nH]c(N)nc43)O[C@H](CO)[C@@H](O)[C@H]2OP(=O)(O)O)[C@@H]1O. The molecular formula is C16H24N5O12P. The highest BCUT2D eigenvalue weighted by Crippen LogP contribution is 2.52. The summed E-state index contributed by atoms with van der Waals surface area (Å²) in [6.07, 6.45) is -9.98. The third kappa shape index (κ3) is 3.84. The molecule has 2 fully saturated rings. The standard InChI is InChI=1S/C16H24N5O12P/c1-30-10-6(3-23)31-11(9(10)25)16(12(33-34(27,28)29)8(24)5(2-22)32-16)21-4-18-7-13(21)19-15(17)20-14(7)26/h4-6,8-12,22-25H,2-3H2,1H3,(H2,27,28,29)(H3,17,19,20,26)/t5-,6-,8-,9-,10+,11?,12-,16-/m1/s1. The van der Waals surface area contributed by atoms with E-state index < -0.39 is 75.0 Å². The highest BCUT2D eigenvalue weighted by atomic mass is 31.2. The number of nitrogens with one attached hydrogen (secondary N) is 1. The van der Waals surface area contributed by atoms with E-state index in [1.165, 1.54) is 7.11 Å². The fraction of sp³-hybridized carbons (Fsp3) is 0.688. The minimum atomic E-state index is -5.34. The number of rotatable bonds is 7. The van der Waals surface area contributed by atoms with Gasteiger partial charge >= 0.3 is 7.82 Å². The third-order valence-electron chi connectivity index (χ3n) is 5.87. The normalized spacial score (nSPS) is 36.5. The largest absolute Gasteiger partial charge is 0.470 e. The van der Waals surface area contributed by atoms with Crippen molar-refractivity contribution in [3.63, 3.8) is 0 Å². The van der Waals surface area contributed by atoms with E-state index in [-0.39, 0.29) is 17.1 Å². The number of imidazole rings is 1. The van der Waals surface area contributed by atoms with Crippen molar-refractivity contribution in [2.24, 2.45) is 0 Å². The Bertz CT molecular complexity index is 1150. The van der Waals surface area contributed by atoms with Crippen LogP contribution < -0.4 is 11.3 Å². The van der Waals surface area contributed by atoms with Gasteiger partial charge in [-0.3, -0.25) is 18.9 Å². The quantitative estimate of drug-likeness (QED) is 0.164. The van der Waals surface area contributed by atoms with Crippen molar-refractivity contribution < 1.29 is 53.5 Å². The van der Waals surface area contributed by atoms with Crippen LogP contribution in [0.4, 0.5) is 5.95 Å².